The molecular formula is C17H18FNO2. The topological polar surface area (TPSA) is 38.3 Å². The van der Waals surface area contributed by atoms with Crippen LogP contribution in [-0.2, 0) is 0 Å². The first kappa shape index (κ1) is 15.0. The molecule has 4 heteroatoms. The minimum Gasteiger partial charge on any atom is -0.494 e. The lowest BCUT2D eigenvalue weighted by atomic mass is 10.1. The number of benzene rings is 2. The van der Waals surface area contributed by atoms with Crippen molar-refractivity contribution in [3.63, 3.8) is 0 Å². The Bertz CT molecular complexity index is 610. The van der Waals surface area contributed by atoms with E-state index in [1.54, 1.807) is 12.1 Å². The summed E-state index contributed by atoms with van der Waals surface area (Å²) in [6.07, 6.45) is 0. The predicted molar refractivity (Wildman–Crippen MR) is 79.9 cm³/mol. The van der Waals surface area contributed by atoms with Crippen LogP contribution < -0.4 is 10.1 Å². The highest BCUT2D eigenvalue weighted by atomic mass is 19.1. The molecule has 0 unspecified atom stereocenters. The van der Waals surface area contributed by atoms with E-state index >= 15 is 0 Å². The molecule has 0 aliphatic carbocycles. The maximum absolute atomic E-state index is 13.6. The van der Waals surface area contributed by atoms with Crippen LogP contribution in [0.3, 0.4) is 0 Å². The van der Waals surface area contributed by atoms with Gasteiger partial charge in [-0.15, -0.1) is 0 Å². The Morgan fingerprint density at radius 2 is 1.86 bits per heavy atom. The van der Waals surface area contributed by atoms with E-state index in [1.807, 2.05) is 38.1 Å². The highest BCUT2D eigenvalue weighted by Gasteiger charge is 2.14. The quantitative estimate of drug-likeness (QED) is 0.910. The number of amides is 1. The van der Waals surface area contributed by atoms with Gasteiger partial charge in [-0.2, -0.15) is 0 Å². The molecule has 0 aliphatic rings. The third-order valence-corrected chi connectivity index (χ3v) is 3.16. The van der Waals surface area contributed by atoms with Gasteiger partial charge in [-0.3, -0.25) is 4.79 Å². The lowest BCUT2D eigenvalue weighted by Crippen LogP contribution is -2.27. The first-order valence-corrected chi connectivity index (χ1v) is 6.90. The van der Waals surface area contributed by atoms with Gasteiger partial charge >= 0.3 is 0 Å². The van der Waals surface area contributed by atoms with Crippen LogP contribution in [0.2, 0.25) is 0 Å². The van der Waals surface area contributed by atoms with Gasteiger partial charge in [0.25, 0.3) is 5.91 Å². The largest absolute Gasteiger partial charge is 0.494 e. The summed E-state index contributed by atoms with van der Waals surface area (Å²) in [5, 5.41) is 2.79. The smallest absolute Gasteiger partial charge is 0.254 e. The van der Waals surface area contributed by atoms with E-state index in [0.29, 0.717) is 6.61 Å². The van der Waals surface area contributed by atoms with Crippen molar-refractivity contribution in [1.82, 2.24) is 5.32 Å². The van der Waals surface area contributed by atoms with Crippen LogP contribution in [0.5, 0.6) is 5.75 Å². The van der Waals surface area contributed by atoms with Gasteiger partial charge in [0, 0.05) is 0 Å². The molecule has 21 heavy (non-hydrogen) atoms. The molecule has 2 rings (SSSR count). The molecule has 110 valence electrons. The molecule has 2 aromatic carbocycles. The van der Waals surface area contributed by atoms with Crippen molar-refractivity contribution < 1.29 is 13.9 Å². The van der Waals surface area contributed by atoms with Gasteiger partial charge in [-0.1, -0.05) is 24.3 Å². The van der Waals surface area contributed by atoms with E-state index in [2.05, 4.69) is 5.32 Å². The summed E-state index contributed by atoms with van der Waals surface area (Å²) in [6.45, 7) is 4.39. The van der Waals surface area contributed by atoms with Gasteiger partial charge in [0.2, 0.25) is 0 Å². The van der Waals surface area contributed by atoms with Crippen molar-refractivity contribution in [2.24, 2.45) is 0 Å². The van der Waals surface area contributed by atoms with Crippen LogP contribution in [0, 0.1) is 5.82 Å². The summed E-state index contributed by atoms with van der Waals surface area (Å²) < 4.78 is 18.9. The Kier molecular flexibility index (Phi) is 4.93. The van der Waals surface area contributed by atoms with Crippen LogP contribution in [0.4, 0.5) is 4.39 Å². The molecule has 0 radical (unpaired) electrons. The Balaban J connectivity index is 2.05. The van der Waals surface area contributed by atoms with E-state index in [4.69, 9.17) is 4.74 Å². The second kappa shape index (κ2) is 6.88. The second-order valence-corrected chi connectivity index (χ2v) is 4.68. The predicted octanol–water partition coefficient (Wildman–Crippen LogP) is 3.72. The molecule has 0 fully saturated rings. The zero-order valence-corrected chi connectivity index (χ0v) is 12.1. The van der Waals surface area contributed by atoms with Gasteiger partial charge in [-0.05, 0) is 43.7 Å². The standard InChI is InChI=1S/C17H18FNO2/c1-3-21-14-10-8-13(9-11-14)12(2)19-17(20)15-6-4-5-7-16(15)18/h4-12H,3H2,1-2H3,(H,19,20)/t12-/m1/s1. The monoisotopic (exact) mass is 287 g/mol. The van der Waals surface area contributed by atoms with Crippen molar-refractivity contribution in [2.75, 3.05) is 6.61 Å². The number of halogens is 1. The number of hydrogen-bond acceptors (Lipinski definition) is 2. The second-order valence-electron chi connectivity index (χ2n) is 4.68. The van der Waals surface area contributed by atoms with Gasteiger partial charge in [0.15, 0.2) is 0 Å². The molecule has 0 saturated carbocycles. The highest BCUT2D eigenvalue weighted by Crippen LogP contribution is 2.18. The van der Waals surface area contributed by atoms with Crippen molar-refractivity contribution >= 4 is 5.91 Å². The maximum atomic E-state index is 13.6. The number of carbonyl (C=O) groups excluding carboxylic acids is 1. The number of ether oxygens (including phenoxy) is 1. The van der Waals surface area contributed by atoms with Crippen LogP contribution in [-0.4, -0.2) is 12.5 Å². The normalized spacial score (nSPS) is 11.8. The number of nitrogens with one attached hydrogen (secondary N) is 1. The average molecular weight is 287 g/mol. The van der Waals surface area contributed by atoms with Gasteiger partial charge in [0.05, 0.1) is 18.2 Å². The fourth-order valence-corrected chi connectivity index (χ4v) is 2.02. The Hall–Kier alpha value is -2.36. The van der Waals surface area contributed by atoms with E-state index < -0.39 is 11.7 Å². The fraction of sp³-hybridized carbons (Fsp3) is 0.235. The fourth-order valence-electron chi connectivity index (χ4n) is 2.02. The van der Waals surface area contributed by atoms with E-state index in [9.17, 15) is 9.18 Å². The summed E-state index contributed by atoms with van der Waals surface area (Å²) in [4.78, 5) is 12.0. The van der Waals surface area contributed by atoms with Crippen LogP contribution in [0.1, 0.15) is 35.8 Å². The molecule has 0 bridgehead atoms. The van der Waals surface area contributed by atoms with E-state index in [0.717, 1.165) is 11.3 Å². The maximum Gasteiger partial charge on any atom is 0.254 e. The molecule has 0 aliphatic heterocycles. The lowest BCUT2D eigenvalue weighted by molar-refractivity contribution is 0.0936. The van der Waals surface area contributed by atoms with Crippen LogP contribution in [0.15, 0.2) is 48.5 Å². The molecular weight excluding hydrogens is 269 g/mol. The number of carbonyl (C=O) groups is 1. The van der Waals surface area contributed by atoms with Gasteiger partial charge in [0.1, 0.15) is 11.6 Å². The van der Waals surface area contributed by atoms with Crippen LogP contribution in [0.25, 0.3) is 0 Å². The Labute approximate surface area is 123 Å². The molecule has 0 saturated heterocycles. The zero-order valence-electron chi connectivity index (χ0n) is 12.1. The van der Waals surface area contributed by atoms with Gasteiger partial charge in [-0.25, -0.2) is 4.39 Å². The summed E-state index contributed by atoms with van der Waals surface area (Å²) in [5.74, 6) is -0.155. The molecule has 1 atom stereocenters. The summed E-state index contributed by atoms with van der Waals surface area (Å²) in [7, 11) is 0. The number of hydrogen-bond donors (Lipinski definition) is 1. The van der Waals surface area contributed by atoms with Crippen molar-refractivity contribution in [1.29, 1.82) is 0 Å². The van der Waals surface area contributed by atoms with Gasteiger partial charge < -0.3 is 10.1 Å². The molecule has 0 spiro atoms. The number of rotatable bonds is 5. The Morgan fingerprint density at radius 1 is 1.19 bits per heavy atom. The minimum atomic E-state index is -0.520. The lowest BCUT2D eigenvalue weighted by Gasteiger charge is -2.15. The van der Waals surface area contributed by atoms with E-state index in [-0.39, 0.29) is 11.6 Å². The molecule has 0 heterocycles. The molecule has 1 amide bonds. The average Bonchev–Trinajstić information content (AvgIpc) is 2.48. The molecule has 2 aromatic rings. The SMILES string of the molecule is CCOc1ccc([C@@H](C)NC(=O)c2ccccc2F)cc1. The first-order valence-electron chi connectivity index (χ1n) is 6.90. The van der Waals surface area contributed by atoms with Crippen LogP contribution >= 0.6 is 0 Å². The zero-order chi connectivity index (χ0) is 15.2. The first-order chi connectivity index (χ1) is 10.1. The summed E-state index contributed by atoms with van der Waals surface area (Å²) >= 11 is 0. The van der Waals surface area contributed by atoms with Crippen molar-refractivity contribution in [3.05, 3.63) is 65.5 Å². The summed E-state index contributed by atoms with van der Waals surface area (Å²) in [6, 6.07) is 13.2. The molecule has 1 N–H and O–H groups in total. The summed E-state index contributed by atoms with van der Waals surface area (Å²) in [5.41, 5.74) is 0.985. The van der Waals surface area contributed by atoms with Crippen molar-refractivity contribution in [3.8, 4) is 5.75 Å². The third kappa shape index (κ3) is 3.81. The van der Waals surface area contributed by atoms with Crippen molar-refractivity contribution in [2.45, 2.75) is 19.9 Å². The Morgan fingerprint density at radius 3 is 2.48 bits per heavy atom. The third-order valence-electron chi connectivity index (χ3n) is 3.16. The molecule has 0 aromatic heterocycles. The minimum absolute atomic E-state index is 0.0512. The molecule has 3 nitrogen and oxygen atoms in total. The van der Waals surface area contributed by atoms with E-state index in [1.165, 1.54) is 12.1 Å². The highest BCUT2D eigenvalue weighted by molar-refractivity contribution is 5.94.